The van der Waals surface area contributed by atoms with Crippen LogP contribution in [0.5, 0.6) is 0 Å². The molecular weight excluding hydrogens is 222 g/mol. The number of aryl methyl sites for hydroxylation is 1. The van der Waals surface area contributed by atoms with E-state index in [4.69, 9.17) is 0 Å². The third-order valence-electron chi connectivity index (χ3n) is 2.75. The molecule has 3 aromatic rings. The van der Waals surface area contributed by atoms with Gasteiger partial charge >= 0.3 is 0 Å². The molecule has 2 heterocycles. The monoisotopic (exact) mass is 235 g/mol. The SMILES string of the molecule is Cc1cccc(Nc2cnc3ccccc3c2)n1. The lowest BCUT2D eigenvalue weighted by Gasteiger charge is -2.06. The number of nitrogens with one attached hydrogen (secondary N) is 1. The molecule has 0 radical (unpaired) electrons. The molecule has 0 spiro atoms. The summed E-state index contributed by atoms with van der Waals surface area (Å²) >= 11 is 0. The Bertz CT molecular complexity index is 692. The van der Waals surface area contributed by atoms with Gasteiger partial charge in [0.15, 0.2) is 0 Å². The van der Waals surface area contributed by atoms with Crippen LogP contribution >= 0.6 is 0 Å². The zero-order valence-electron chi connectivity index (χ0n) is 10.1. The Kier molecular flexibility index (Phi) is 2.65. The maximum Gasteiger partial charge on any atom is 0.130 e. The zero-order chi connectivity index (χ0) is 12.4. The van der Waals surface area contributed by atoms with E-state index in [9.17, 15) is 0 Å². The van der Waals surface area contributed by atoms with Gasteiger partial charge in [-0.15, -0.1) is 0 Å². The van der Waals surface area contributed by atoms with Crippen molar-refractivity contribution in [2.75, 3.05) is 5.32 Å². The van der Waals surface area contributed by atoms with Crippen LogP contribution in [0, 0.1) is 6.92 Å². The largest absolute Gasteiger partial charge is 0.339 e. The van der Waals surface area contributed by atoms with Crippen molar-refractivity contribution >= 4 is 22.4 Å². The number of benzene rings is 1. The molecule has 0 fully saturated rings. The fourth-order valence-electron chi connectivity index (χ4n) is 1.90. The quantitative estimate of drug-likeness (QED) is 0.736. The molecule has 0 saturated heterocycles. The van der Waals surface area contributed by atoms with Crippen molar-refractivity contribution in [3.05, 3.63) is 60.4 Å². The van der Waals surface area contributed by atoms with E-state index in [0.29, 0.717) is 0 Å². The highest BCUT2D eigenvalue weighted by Gasteiger charge is 1.99. The smallest absolute Gasteiger partial charge is 0.130 e. The predicted molar refractivity (Wildman–Crippen MR) is 74.0 cm³/mol. The first-order chi connectivity index (χ1) is 8.81. The van der Waals surface area contributed by atoms with Gasteiger partial charge in [0.05, 0.1) is 17.4 Å². The van der Waals surface area contributed by atoms with Gasteiger partial charge in [0.2, 0.25) is 0 Å². The second-order valence-electron chi connectivity index (χ2n) is 4.21. The van der Waals surface area contributed by atoms with Crippen LogP contribution in [0.3, 0.4) is 0 Å². The number of pyridine rings is 2. The molecule has 18 heavy (non-hydrogen) atoms. The molecule has 3 nitrogen and oxygen atoms in total. The Hall–Kier alpha value is -2.42. The number of hydrogen-bond acceptors (Lipinski definition) is 3. The van der Waals surface area contributed by atoms with Gasteiger partial charge in [0, 0.05) is 11.1 Å². The average molecular weight is 235 g/mol. The summed E-state index contributed by atoms with van der Waals surface area (Å²) in [5.41, 5.74) is 2.95. The molecule has 0 saturated carbocycles. The number of rotatable bonds is 2. The van der Waals surface area contributed by atoms with E-state index in [1.165, 1.54) is 0 Å². The summed E-state index contributed by atoms with van der Waals surface area (Å²) in [7, 11) is 0. The second-order valence-corrected chi connectivity index (χ2v) is 4.21. The van der Waals surface area contributed by atoms with E-state index in [2.05, 4.69) is 27.4 Å². The van der Waals surface area contributed by atoms with Crippen LogP contribution in [0.1, 0.15) is 5.69 Å². The van der Waals surface area contributed by atoms with Crippen LogP contribution in [-0.2, 0) is 0 Å². The lowest BCUT2D eigenvalue weighted by molar-refractivity contribution is 1.20. The normalized spacial score (nSPS) is 10.5. The van der Waals surface area contributed by atoms with Gasteiger partial charge in [0.1, 0.15) is 5.82 Å². The van der Waals surface area contributed by atoms with Crippen LogP contribution in [0.4, 0.5) is 11.5 Å². The molecule has 1 N–H and O–H groups in total. The molecular formula is C15H13N3. The molecule has 0 unspecified atom stereocenters. The van der Waals surface area contributed by atoms with E-state index >= 15 is 0 Å². The molecule has 0 atom stereocenters. The van der Waals surface area contributed by atoms with Crippen LogP contribution in [-0.4, -0.2) is 9.97 Å². The third-order valence-corrected chi connectivity index (χ3v) is 2.75. The van der Waals surface area contributed by atoms with Crippen molar-refractivity contribution in [2.24, 2.45) is 0 Å². The molecule has 0 amide bonds. The number of hydrogen-bond donors (Lipinski definition) is 1. The molecule has 1 aromatic carbocycles. The Morgan fingerprint density at radius 1 is 1.00 bits per heavy atom. The number of para-hydroxylation sites is 1. The number of fused-ring (bicyclic) bond motifs is 1. The van der Waals surface area contributed by atoms with E-state index < -0.39 is 0 Å². The van der Waals surface area contributed by atoms with Crippen molar-refractivity contribution in [1.82, 2.24) is 9.97 Å². The zero-order valence-corrected chi connectivity index (χ0v) is 10.1. The summed E-state index contributed by atoms with van der Waals surface area (Å²) in [6.07, 6.45) is 1.83. The van der Waals surface area contributed by atoms with Crippen molar-refractivity contribution < 1.29 is 0 Å². The summed E-state index contributed by atoms with van der Waals surface area (Å²) in [6.45, 7) is 1.98. The highest BCUT2D eigenvalue weighted by molar-refractivity contribution is 5.82. The Morgan fingerprint density at radius 3 is 2.78 bits per heavy atom. The van der Waals surface area contributed by atoms with Crippen molar-refractivity contribution in [3.63, 3.8) is 0 Å². The van der Waals surface area contributed by atoms with Gasteiger partial charge < -0.3 is 5.32 Å². The number of anilines is 2. The first kappa shape index (κ1) is 10.7. The van der Waals surface area contributed by atoms with E-state index in [0.717, 1.165) is 28.1 Å². The van der Waals surface area contributed by atoms with E-state index in [1.54, 1.807) is 0 Å². The average Bonchev–Trinajstić information content (AvgIpc) is 2.39. The van der Waals surface area contributed by atoms with Crippen molar-refractivity contribution in [3.8, 4) is 0 Å². The van der Waals surface area contributed by atoms with Gasteiger partial charge in [0.25, 0.3) is 0 Å². The number of aromatic nitrogens is 2. The minimum atomic E-state index is 0.840. The fraction of sp³-hybridized carbons (Fsp3) is 0.0667. The van der Waals surface area contributed by atoms with Crippen LogP contribution < -0.4 is 5.32 Å². The van der Waals surface area contributed by atoms with E-state index in [1.807, 2.05) is 49.5 Å². The topological polar surface area (TPSA) is 37.8 Å². The molecule has 0 aliphatic carbocycles. The first-order valence-corrected chi connectivity index (χ1v) is 5.87. The first-order valence-electron chi connectivity index (χ1n) is 5.87. The van der Waals surface area contributed by atoms with E-state index in [-0.39, 0.29) is 0 Å². The molecule has 3 rings (SSSR count). The van der Waals surface area contributed by atoms with Gasteiger partial charge in [-0.3, -0.25) is 4.98 Å². The minimum Gasteiger partial charge on any atom is -0.339 e. The van der Waals surface area contributed by atoms with Crippen LogP contribution in [0.15, 0.2) is 54.7 Å². The summed E-state index contributed by atoms with van der Waals surface area (Å²) in [4.78, 5) is 8.82. The van der Waals surface area contributed by atoms with Crippen LogP contribution in [0.25, 0.3) is 10.9 Å². The highest BCUT2D eigenvalue weighted by atomic mass is 15.0. The van der Waals surface area contributed by atoms with Crippen molar-refractivity contribution in [1.29, 1.82) is 0 Å². The molecule has 0 aliphatic heterocycles. The maximum atomic E-state index is 4.41. The van der Waals surface area contributed by atoms with Gasteiger partial charge in [-0.1, -0.05) is 24.3 Å². The summed E-state index contributed by atoms with van der Waals surface area (Å²) in [5.74, 6) is 0.840. The molecule has 0 aliphatic rings. The Morgan fingerprint density at radius 2 is 1.89 bits per heavy atom. The Labute approximate surface area is 106 Å². The third kappa shape index (κ3) is 2.15. The molecule has 88 valence electrons. The molecule has 2 aromatic heterocycles. The predicted octanol–water partition coefficient (Wildman–Crippen LogP) is 3.68. The summed E-state index contributed by atoms with van der Waals surface area (Å²) in [5, 5.41) is 4.38. The maximum absolute atomic E-state index is 4.41. The highest BCUT2D eigenvalue weighted by Crippen LogP contribution is 2.19. The lowest BCUT2D eigenvalue weighted by atomic mass is 10.2. The number of nitrogens with zero attached hydrogens (tertiary/aromatic N) is 2. The van der Waals surface area contributed by atoms with Crippen LogP contribution in [0.2, 0.25) is 0 Å². The van der Waals surface area contributed by atoms with Crippen molar-refractivity contribution in [2.45, 2.75) is 6.92 Å². The summed E-state index contributed by atoms with van der Waals surface area (Å²) in [6, 6.07) is 16.0. The summed E-state index contributed by atoms with van der Waals surface area (Å²) < 4.78 is 0. The Balaban J connectivity index is 1.95. The van der Waals surface area contributed by atoms with Gasteiger partial charge in [-0.2, -0.15) is 0 Å². The second kappa shape index (κ2) is 4.45. The molecule has 0 bridgehead atoms. The molecule has 3 heteroatoms. The lowest BCUT2D eigenvalue weighted by Crippen LogP contribution is -1.95. The fourth-order valence-corrected chi connectivity index (χ4v) is 1.90. The standard InChI is InChI=1S/C15H13N3/c1-11-5-4-8-15(17-11)18-13-9-12-6-2-3-7-14(12)16-10-13/h2-10H,1H3,(H,17,18). The van der Waals surface area contributed by atoms with Gasteiger partial charge in [-0.05, 0) is 31.2 Å². The van der Waals surface area contributed by atoms with Gasteiger partial charge in [-0.25, -0.2) is 4.98 Å². The minimum absolute atomic E-state index is 0.840.